The van der Waals surface area contributed by atoms with Crippen LogP contribution in [0.3, 0.4) is 0 Å². The van der Waals surface area contributed by atoms with Crippen molar-refractivity contribution in [3.05, 3.63) is 164 Å². The maximum absolute atomic E-state index is 6.60. The predicted molar refractivity (Wildman–Crippen MR) is 218 cm³/mol. The minimum atomic E-state index is -2.68. The van der Waals surface area contributed by atoms with Crippen LogP contribution in [0.4, 0.5) is 0 Å². The Kier molecular flexibility index (Phi) is 11.6. The first-order valence-corrected chi connectivity index (χ1v) is 27.6. The van der Waals surface area contributed by atoms with Gasteiger partial charge in [-0.15, -0.1) is 0 Å². The minimum absolute atomic E-state index is 0. The standard InChI is InChI=1S/2C23H21O.C2H6Si.2ClH.Zr/c2*1-14-7-5-6-8-20(14)23-17(4)15(2)11-18-12-19(13-21(18)23)22-10-9-16(3)24-22;1-3-2;;;/h2*5-13H,1-4H3;1-2H3;2*1H;/q;;;;;+2/p-2. The molecule has 2 aliphatic rings. The molecule has 0 amide bonds. The van der Waals surface area contributed by atoms with Crippen molar-refractivity contribution in [2.24, 2.45) is 0 Å². The maximum Gasteiger partial charge on any atom is -1.00 e. The number of halogens is 2. The molecule has 0 saturated heterocycles. The van der Waals surface area contributed by atoms with Crippen molar-refractivity contribution in [1.82, 2.24) is 0 Å². The summed E-state index contributed by atoms with van der Waals surface area (Å²) in [5.41, 5.74) is 21.4. The molecule has 6 heteroatoms. The number of hydrogen-bond acceptors (Lipinski definition) is 2. The van der Waals surface area contributed by atoms with Crippen LogP contribution in [0.25, 0.3) is 45.6 Å². The Labute approximate surface area is 341 Å². The van der Waals surface area contributed by atoms with E-state index in [1.54, 1.807) is 0 Å². The summed E-state index contributed by atoms with van der Waals surface area (Å²) in [4.78, 5) is 0. The molecule has 8 rings (SSSR count). The molecule has 0 bridgehead atoms. The van der Waals surface area contributed by atoms with E-state index >= 15 is 0 Å². The van der Waals surface area contributed by atoms with Gasteiger partial charge in [0.2, 0.25) is 0 Å². The average molecular weight is 847 g/mol. The van der Waals surface area contributed by atoms with Gasteiger partial charge in [-0.1, -0.05) is 0 Å². The van der Waals surface area contributed by atoms with E-state index in [1.807, 2.05) is 0 Å². The molecule has 0 saturated carbocycles. The number of fused-ring (bicyclic) bond motifs is 2. The number of aryl methyl sites for hydroxylation is 6. The number of hydrogen-bond donors (Lipinski definition) is 0. The number of benzene rings is 4. The quantitative estimate of drug-likeness (QED) is 0.163. The summed E-state index contributed by atoms with van der Waals surface area (Å²) < 4.78 is 13.9. The summed E-state index contributed by atoms with van der Waals surface area (Å²) in [6.45, 7) is 23.1. The molecule has 0 radical (unpaired) electrons. The van der Waals surface area contributed by atoms with Gasteiger partial charge in [0.05, 0.1) is 0 Å². The summed E-state index contributed by atoms with van der Waals surface area (Å²) in [7, 11) is 0. The molecule has 0 aliphatic heterocycles. The topological polar surface area (TPSA) is 26.3 Å². The molecule has 2 unspecified atom stereocenters. The van der Waals surface area contributed by atoms with E-state index in [0.717, 1.165) is 23.0 Å². The van der Waals surface area contributed by atoms with Crippen LogP contribution >= 0.6 is 0 Å². The number of rotatable bonds is 6. The van der Waals surface area contributed by atoms with Crippen molar-refractivity contribution in [3.63, 3.8) is 0 Å². The van der Waals surface area contributed by atoms with Gasteiger partial charge in [0.25, 0.3) is 0 Å². The van der Waals surface area contributed by atoms with Gasteiger partial charge in [0, 0.05) is 0 Å². The Morgan fingerprint density at radius 2 is 0.889 bits per heavy atom. The molecular weight excluding hydrogens is 799 g/mol. The fourth-order valence-electron chi connectivity index (χ4n) is 8.95. The molecular formula is C48H48Cl2O2SiZr. The zero-order valence-corrected chi connectivity index (χ0v) is 37.9. The van der Waals surface area contributed by atoms with Crippen molar-refractivity contribution in [2.45, 2.75) is 75.7 Å². The molecule has 2 aromatic heterocycles. The van der Waals surface area contributed by atoms with Crippen LogP contribution in [-0.4, -0.2) is 5.43 Å². The maximum atomic E-state index is 6.60. The Hall–Kier alpha value is -3.40. The molecule has 274 valence electrons. The first-order chi connectivity index (χ1) is 24.9. The van der Waals surface area contributed by atoms with Crippen LogP contribution in [0, 0.1) is 55.4 Å². The third kappa shape index (κ3) is 6.66. The summed E-state index contributed by atoms with van der Waals surface area (Å²) in [6, 6.07) is 31.7. The van der Waals surface area contributed by atoms with E-state index in [1.165, 1.54) is 89.0 Å². The second kappa shape index (κ2) is 15.6. The molecule has 2 nitrogen and oxygen atoms in total. The number of allylic oxidation sites excluding steroid dienone is 2. The van der Waals surface area contributed by atoms with E-state index < -0.39 is 25.8 Å². The molecule has 6 aromatic rings. The van der Waals surface area contributed by atoms with Crippen LogP contribution in [0.15, 0.2) is 93.8 Å². The summed E-state index contributed by atoms with van der Waals surface area (Å²) in [5.74, 6) is 3.99. The average Bonchev–Trinajstić information content (AvgIpc) is 3.90. The minimum Gasteiger partial charge on any atom is -1.00 e. The first kappa shape index (κ1) is 40.3. The third-order valence-corrected chi connectivity index (χ3v) is 31.0. The van der Waals surface area contributed by atoms with Crippen molar-refractivity contribution in [1.29, 1.82) is 0 Å². The smallest absolute Gasteiger partial charge is 1.00 e. The summed E-state index contributed by atoms with van der Waals surface area (Å²) in [5, 5.41) is 0. The fraction of sp³-hybridized carbons (Fsp3) is 0.250. The van der Waals surface area contributed by atoms with Gasteiger partial charge in [-0.3, -0.25) is 0 Å². The van der Waals surface area contributed by atoms with E-state index in [9.17, 15) is 0 Å². The van der Waals surface area contributed by atoms with Crippen molar-refractivity contribution in [2.75, 3.05) is 0 Å². The van der Waals surface area contributed by atoms with E-state index in [-0.39, 0.29) is 24.8 Å². The SMILES string of the molecule is Cc1ccc(C2=Cc3c(cc(C)c(C)c3-c3ccccc3C)[CH]2[Zr+2]([CH]2C(c3ccc(C)o3)=Cc3c2cc(C)c(C)c3-c2ccccc2C)=[Si](C)C)o1.[Cl-].[Cl-]. The van der Waals surface area contributed by atoms with Gasteiger partial charge in [0.1, 0.15) is 0 Å². The van der Waals surface area contributed by atoms with Gasteiger partial charge in [-0.05, 0) is 0 Å². The van der Waals surface area contributed by atoms with E-state index in [4.69, 9.17) is 8.83 Å². The number of furan rings is 2. The Morgan fingerprint density at radius 1 is 0.500 bits per heavy atom. The van der Waals surface area contributed by atoms with Crippen molar-refractivity contribution < 1.29 is 54.0 Å². The van der Waals surface area contributed by atoms with E-state index in [2.05, 4.69) is 166 Å². The van der Waals surface area contributed by atoms with Crippen LogP contribution < -0.4 is 24.8 Å². The molecule has 54 heavy (non-hydrogen) atoms. The monoisotopic (exact) mass is 844 g/mol. The molecule has 2 atom stereocenters. The van der Waals surface area contributed by atoms with Crippen LogP contribution in [-0.2, 0) is 20.4 Å². The van der Waals surface area contributed by atoms with Gasteiger partial charge < -0.3 is 24.8 Å². The molecule has 4 aromatic carbocycles. The molecule has 2 heterocycles. The van der Waals surface area contributed by atoms with Crippen LogP contribution in [0.5, 0.6) is 0 Å². The van der Waals surface area contributed by atoms with E-state index in [0.29, 0.717) is 7.25 Å². The summed E-state index contributed by atoms with van der Waals surface area (Å²) in [6.07, 6.45) is 5.07. The third-order valence-electron chi connectivity index (χ3n) is 11.8. The van der Waals surface area contributed by atoms with Gasteiger partial charge in [-0.25, -0.2) is 0 Å². The van der Waals surface area contributed by atoms with Crippen molar-refractivity contribution >= 4 is 28.7 Å². The molecule has 2 aliphatic carbocycles. The predicted octanol–water partition coefficient (Wildman–Crippen LogP) is 7.44. The van der Waals surface area contributed by atoms with Crippen LogP contribution in [0.1, 0.15) is 85.9 Å². The Balaban J connectivity index is 0.00000249. The van der Waals surface area contributed by atoms with Gasteiger partial charge in [0.15, 0.2) is 0 Å². The Morgan fingerprint density at radius 3 is 1.22 bits per heavy atom. The Bertz CT molecular complexity index is 2370. The second-order valence-corrected chi connectivity index (χ2v) is 33.2. The van der Waals surface area contributed by atoms with Gasteiger partial charge in [-0.2, -0.15) is 0 Å². The molecule has 0 N–H and O–H groups in total. The molecule has 0 fully saturated rings. The fourth-order valence-corrected chi connectivity index (χ4v) is 28.7. The first-order valence-electron chi connectivity index (χ1n) is 18.6. The second-order valence-electron chi connectivity index (χ2n) is 15.4. The normalized spacial score (nSPS) is 15.4. The van der Waals surface area contributed by atoms with Crippen molar-refractivity contribution in [3.8, 4) is 22.3 Å². The molecule has 0 spiro atoms. The van der Waals surface area contributed by atoms with Crippen LogP contribution in [0.2, 0.25) is 13.1 Å². The zero-order chi connectivity index (χ0) is 36.6. The summed E-state index contributed by atoms with van der Waals surface area (Å²) >= 11 is -2.68. The van der Waals surface area contributed by atoms with Gasteiger partial charge >= 0.3 is 320 Å². The largest absolute Gasteiger partial charge is 1.00 e. The zero-order valence-electron chi connectivity index (χ0n) is 33.0.